The number of anilines is 1. The van der Waals surface area contributed by atoms with Gasteiger partial charge in [-0.3, -0.25) is 14.9 Å². The maximum Gasteiger partial charge on any atom is 0.280 e. The Hall–Kier alpha value is -3.86. The van der Waals surface area contributed by atoms with E-state index in [2.05, 4.69) is 5.32 Å². The van der Waals surface area contributed by atoms with Gasteiger partial charge in [-0.25, -0.2) is 0 Å². The first-order chi connectivity index (χ1) is 12.5. The highest BCUT2D eigenvalue weighted by Crippen LogP contribution is 2.38. The lowest BCUT2D eigenvalue weighted by Crippen LogP contribution is -2.13. The molecule has 2 aromatic rings. The van der Waals surface area contributed by atoms with Gasteiger partial charge in [0.25, 0.3) is 11.6 Å². The monoisotopic (exact) mass is 351 g/mol. The van der Waals surface area contributed by atoms with E-state index in [1.54, 1.807) is 24.3 Å². The molecule has 1 N–H and O–H groups in total. The van der Waals surface area contributed by atoms with Crippen LogP contribution in [-0.2, 0) is 4.79 Å². The van der Waals surface area contributed by atoms with E-state index < -0.39 is 10.8 Å². The van der Waals surface area contributed by atoms with E-state index in [1.807, 2.05) is 13.0 Å². The molecule has 0 saturated carbocycles. The number of nitro groups is 1. The van der Waals surface area contributed by atoms with Crippen LogP contribution in [0.1, 0.15) is 11.1 Å². The molecule has 1 aliphatic rings. The summed E-state index contributed by atoms with van der Waals surface area (Å²) >= 11 is 0. The van der Waals surface area contributed by atoms with E-state index in [4.69, 9.17) is 9.47 Å². The topological polar surface area (TPSA) is 114 Å². The van der Waals surface area contributed by atoms with Crippen LogP contribution in [-0.4, -0.2) is 17.6 Å². The van der Waals surface area contributed by atoms with Crippen LogP contribution in [0.15, 0.2) is 42.0 Å². The van der Waals surface area contributed by atoms with Crippen molar-refractivity contribution in [1.29, 1.82) is 5.26 Å². The van der Waals surface area contributed by atoms with Gasteiger partial charge in [-0.05, 0) is 36.8 Å². The Bertz CT molecular complexity index is 975. The molecule has 0 aliphatic carbocycles. The summed E-state index contributed by atoms with van der Waals surface area (Å²) in [4.78, 5) is 23.0. The number of hydrogen-bond acceptors (Lipinski definition) is 6. The molecule has 2 aromatic carbocycles. The third-order valence-electron chi connectivity index (χ3n) is 3.66. The number of nitrogens with one attached hydrogen (secondary N) is 1. The number of carbonyl (C=O) groups excluding carboxylic acids is 1. The zero-order valence-electron chi connectivity index (χ0n) is 13.7. The summed E-state index contributed by atoms with van der Waals surface area (Å²) in [7, 11) is 0. The van der Waals surface area contributed by atoms with E-state index in [0.717, 1.165) is 11.6 Å². The fourth-order valence-corrected chi connectivity index (χ4v) is 2.45. The maximum absolute atomic E-state index is 12.3. The molecule has 130 valence electrons. The number of amides is 1. The molecular weight excluding hydrogens is 338 g/mol. The third-order valence-corrected chi connectivity index (χ3v) is 3.66. The summed E-state index contributed by atoms with van der Waals surface area (Å²) in [5.41, 5.74) is 0.988. The number of carbonyl (C=O) groups is 1. The lowest BCUT2D eigenvalue weighted by Gasteiger charge is -2.06. The second kappa shape index (κ2) is 6.94. The van der Waals surface area contributed by atoms with Crippen molar-refractivity contribution >= 4 is 23.4 Å². The summed E-state index contributed by atoms with van der Waals surface area (Å²) in [5, 5.41) is 23.2. The van der Waals surface area contributed by atoms with E-state index in [9.17, 15) is 20.2 Å². The van der Waals surface area contributed by atoms with E-state index in [-0.39, 0.29) is 29.4 Å². The van der Waals surface area contributed by atoms with Crippen molar-refractivity contribution in [1.82, 2.24) is 0 Å². The minimum Gasteiger partial charge on any atom is -0.454 e. The summed E-state index contributed by atoms with van der Waals surface area (Å²) in [6.07, 6.45) is 1.16. The molecule has 8 nitrogen and oxygen atoms in total. The number of nitro benzene ring substituents is 1. The molecular formula is C18H13N3O5. The van der Waals surface area contributed by atoms with Gasteiger partial charge in [0, 0.05) is 5.69 Å². The van der Waals surface area contributed by atoms with Gasteiger partial charge in [-0.15, -0.1) is 0 Å². The predicted molar refractivity (Wildman–Crippen MR) is 92.6 cm³/mol. The fraction of sp³-hybridized carbons (Fsp3) is 0.111. The van der Waals surface area contributed by atoms with Crippen LogP contribution in [0.4, 0.5) is 11.4 Å². The van der Waals surface area contributed by atoms with Crippen molar-refractivity contribution < 1.29 is 19.2 Å². The van der Waals surface area contributed by atoms with Gasteiger partial charge < -0.3 is 14.8 Å². The van der Waals surface area contributed by atoms with Crippen LogP contribution >= 0.6 is 0 Å². The van der Waals surface area contributed by atoms with E-state index in [0.29, 0.717) is 11.4 Å². The van der Waals surface area contributed by atoms with Crippen molar-refractivity contribution in [2.45, 2.75) is 6.92 Å². The minimum atomic E-state index is -0.662. The Morgan fingerprint density at radius 2 is 2.04 bits per heavy atom. The molecule has 1 heterocycles. The number of rotatable bonds is 4. The van der Waals surface area contributed by atoms with Crippen molar-refractivity contribution in [3.05, 3.63) is 63.2 Å². The van der Waals surface area contributed by atoms with Gasteiger partial charge in [-0.2, -0.15) is 5.26 Å². The first kappa shape index (κ1) is 17.0. The van der Waals surface area contributed by atoms with E-state index >= 15 is 0 Å². The molecule has 0 spiro atoms. The van der Waals surface area contributed by atoms with Gasteiger partial charge >= 0.3 is 0 Å². The summed E-state index contributed by atoms with van der Waals surface area (Å²) < 4.78 is 10.3. The van der Waals surface area contributed by atoms with Crippen LogP contribution in [0, 0.1) is 28.4 Å². The SMILES string of the molecule is Cc1cccc(NC(=O)/C(C#N)=C/c2cc3c(cc2[N+](=O)[O-])OCO3)c1. The number of aryl methyl sites for hydroxylation is 1. The number of ether oxygens (including phenoxy) is 2. The molecule has 26 heavy (non-hydrogen) atoms. The zero-order chi connectivity index (χ0) is 18.7. The van der Waals surface area contributed by atoms with Crippen LogP contribution < -0.4 is 14.8 Å². The Labute approximate surface area is 148 Å². The van der Waals surface area contributed by atoms with Crippen LogP contribution in [0.3, 0.4) is 0 Å². The van der Waals surface area contributed by atoms with Gasteiger partial charge in [0.05, 0.1) is 16.6 Å². The average molecular weight is 351 g/mol. The van der Waals surface area contributed by atoms with Crippen LogP contribution in [0.25, 0.3) is 6.08 Å². The second-order valence-electron chi connectivity index (χ2n) is 5.51. The molecule has 0 radical (unpaired) electrons. The molecule has 0 aromatic heterocycles. The van der Waals surface area contributed by atoms with Gasteiger partial charge in [-0.1, -0.05) is 12.1 Å². The molecule has 0 bridgehead atoms. The quantitative estimate of drug-likeness (QED) is 0.391. The lowest BCUT2D eigenvalue weighted by atomic mass is 10.1. The van der Waals surface area contributed by atoms with E-state index in [1.165, 1.54) is 12.1 Å². The molecule has 0 saturated heterocycles. The summed E-state index contributed by atoms with van der Waals surface area (Å²) in [6.45, 7) is 1.82. The molecule has 8 heteroatoms. The van der Waals surface area contributed by atoms with Gasteiger partial charge in [0.15, 0.2) is 11.5 Å². The Morgan fingerprint density at radius 1 is 1.31 bits per heavy atom. The Morgan fingerprint density at radius 3 is 2.69 bits per heavy atom. The Balaban J connectivity index is 1.95. The van der Waals surface area contributed by atoms with Gasteiger partial charge in [0.2, 0.25) is 6.79 Å². The first-order valence-electron chi connectivity index (χ1n) is 7.56. The highest BCUT2D eigenvalue weighted by Gasteiger charge is 2.23. The fourth-order valence-electron chi connectivity index (χ4n) is 2.45. The minimum absolute atomic E-state index is 0.0430. The highest BCUT2D eigenvalue weighted by molar-refractivity contribution is 6.10. The predicted octanol–water partition coefficient (Wildman–Crippen LogP) is 3.18. The smallest absolute Gasteiger partial charge is 0.280 e. The number of benzene rings is 2. The number of nitrogens with zero attached hydrogens (tertiary/aromatic N) is 2. The molecule has 0 unspecified atom stereocenters. The number of nitriles is 1. The second-order valence-corrected chi connectivity index (χ2v) is 5.51. The zero-order valence-corrected chi connectivity index (χ0v) is 13.7. The van der Waals surface area contributed by atoms with Crippen LogP contribution in [0.5, 0.6) is 11.5 Å². The normalized spacial score (nSPS) is 12.4. The van der Waals surface area contributed by atoms with Crippen molar-refractivity contribution in [2.24, 2.45) is 0 Å². The largest absolute Gasteiger partial charge is 0.454 e. The van der Waals surface area contributed by atoms with Gasteiger partial charge in [0.1, 0.15) is 11.6 Å². The maximum atomic E-state index is 12.3. The van der Waals surface area contributed by atoms with Crippen LogP contribution in [0.2, 0.25) is 0 Å². The van der Waals surface area contributed by atoms with Crippen molar-refractivity contribution in [2.75, 3.05) is 12.1 Å². The molecule has 3 rings (SSSR count). The molecule has 0 atom stereocenters. The molecule has 1 amide bonds. The molecule has 0 fully saturated rings. The first-order valence-corrected chi connectivity index (χ1v) is 7.56. The average Bonchev–Trinajstić information content (AvgIpc) is 3.06. The third kappa shape index (κ3) is 3.47. The molecule has 1 aliphatic heterocycles. The number of fused-ring (bicyclic) bond motifs is 1. The van der Waals surface area contributed by atoms with Crippen molar-refractivity contribution in [3.63, 3.8) is 0 Å². The lowest BCUT2D eigenvalue weighted by molar-refractivity contribution is -0.385. The van der Waals surface area contributed by atoms with Crippen molar-refractivity contribution in [3.8, 4) is 17.6 Å². The number of hydrogen-bond donors (Lipinski definition) is 1. The standard InChI is InChI=1S/C18H13N3O5/c1-11-3-2-4-14(5-11)20-18(22)13(9-19)6-12-7-16-17(26-10-25-16)8-15(12)21(23)24/h2-8H,10H2,1H3,(H,20,22)/b13-6+. The Kier molecular flexibility index (Phi) is 4.53. The summed E-state index contributed by atoms with van der Waals surface area (Å²) in [6, 6.07) is 11.4. The highest BCUT2D eigenvalue weighted by atomic mass is 16.7. The summed E-state index contributed by atoms with van der Waals surface area (Å²) in [5.74, 6) is -0.0973.